The Morgan fingerprint density at radius 1 is 1.55 bits per heavy atom. The highest BCUT2D eigenvalue weighted by molar-refractivity contribution is 7.17. The van der Waals surface area contributed by atoms with Gasteiger partial charge in [0.25, 0.3) is 0 Å². The second kappa shape index (κ2) is 2.20. The van der Waals surface area contributed by atoms with Crippen LogP contribution in [0.2, 0.25) is 0 Å². The highest BCUT2D eigenvalue weighted by atomic mass is 32.1. The van der Waals surface area contributed by atoms with E-state index in [-0.39, 0.29) is 0 Å². The van der Waals surface area contributed by atoms with Crippen molar-refractivity contribution in [2.75, 3.05) is 5.73 Å². The van der Waals surface area contributed by atoms with Gasteiger partial charge in [0.15, 0.2) is 0 Å². The number of thiophene rings is 1. The predicted molar refractivity (Wildman–Crippen MR) is 48.8 cm³/mol. The molecule has 0 aliphatic rings. The third kappa shape index (κ3) is 0.973. The van der Waals surface area contributed by atoms with E-state index in [0.717, 1.165) is 11.1 Å². The Morgan fingerprint density at radius 3 is 3.18 bits per heavy atom. The zero-order chi connectivity index (χ0) is 7.84. The first-order chi connectivity index (χ1) is 5.27. The minimum absolute atomic E-state index is 0.640. The third-order valence-electron chi connectivity index (χ3n) is 1.61. The highest BCUT2D eigenvalue weighted by Gasteiger charge is 2.00. The summed E-state index contributed by atoms with van der Waals surface area (Å²) in [5.41, 5.74) is 6.68. The Hall–Kier alpha value is -1.09. The maximum absolute atomic E-state index is 5.70. The molecule has 0 aliphatic heterocycles. The summed E-state index contributed by atoms with van der Waals surface area (Å²) >= 11 is 1.70. The number of nitrogens with zero attached hydrogens (tertiary/aromatic N) is 1. The molecule has 2 aromatic heterocycles. The smallest absolute Gasteiger partial charge is 0.132 e. The molecule has 0 radical (unpaired) electrons. The quantitative estimate of drug-likeness (QED) is 0.648. The number of anilines is 1. The molecule has 0 aromatic carbocycles. The van der Waals surface area contributed by atoms with Crippen molar-refractivity contribution in [1.29, 1.82) is 0 Å². The molecule has 2 N–H and O–H groups in total. The topological polar surface area (TPSA) is 38.9 Å². The van der Waals surface area contributed by atoms with E-state index in [2.05, 4.69) is 11.1 Å². The van der Waals surface area contributed by atoms with Gasteiger partial charge in [-0.05, 0) is 24.4 Å². The van der Waals surface area contributed by atoms with Gasteiger partial charge in [0.05, 0.1) is 0 Å². The summed E-state index contributed by atoms with van der Waals surface area (Å²) in [6.45, 7) is 1.95. The van der Waals surface area contributed by atoms with Crippen molar-refractivity contribution in [3.05, 3.63) is 23.2 Å². The van der Waals surface area contributed by atoms with E-state index in [4.69, 9.17) is 5.73 Å². The van der Waals surface area contributed by atoms with Crippen LogP contribution >= 0.6 is 11.3 Å². The fourth-order valence-corrected chi connectivity index (χ4v) is 2.01. The fraction of sp³-hybridized carbons (Fsp3) is 0.125. The first-order valence-electron chi connectivity index (χ1n) is 3.38. The lowest BCUT2D eigenvalue weighted by molar-refractivity contribution is 1.24. The fourth-order valence-electron chi connectivity index (χ4n) is 1.12. The Labute approximate surface area is 68.7 Å². The van der Waals surface area contributed by atoms with E-state index in [0.29, 0.717) is 5.82 Å². The maximum Gasteiger partial charge on any atom is 0.132 e. The van der Waals surface area contributed by atoms with Crippen LogP contribution in [0.5, 0.6) is 0 Å². The monoisotopic (exact) mass is 164 g/mol. The molecule has 0 saturated carbocycles. The van der Waals surface area contributed by atoms with Crippen LogP contribution in [-0.4, -0.2) is 4.98 Å². The number of fused-ring (bicyclic) bond motifs is 1. The Kier molecular flexibility index (Phi) is 1.32. The standard InChI is InChI=1S/C8H8N2S/c1-5-4-7-6(2-3-11-7)8(9)10-5/h2-4H,1H3,(H2,9,10). The van der Waals surface area contributed by atoms with Gasteiger partial charge in [-0.1, -0.05) is 0 Å². The molecule has 11 heavy (non-hydrogen) atoms. The number of nitrogens with two attached hydrogens (primary N) is 1. The Bertz CT molecular complexity index is 392. The summed E-state index contributed by atoms with van der Waals surface area (Å²) in [4.78, 5) is 4.16. The van der Waals surface area contributed by atoms with E-state index >= 15 is 0 Å². The van der Waals surface area contributed by atoms with Gasteiger partial charge < -0.3 is 5.73 Å². The first-order valence-corrected chi connectivity index (χ1v) is 4.25. The molecular formula is C8H8N2S. The van der Waals surface area contributed by atoms with Gasteiger partial charge in [-0.3, -0.25) is 0 Å². The minimum Gasteiger partial charge on any atom is -0.383 e. The largest absolute Gasteiger partial charge is 0.383 e. The molecule has 2 nitrogen and oxygen atoms in total. The molecule has 0 bridgehead atoms. The van der Waals surface area contributed by atoms with Crippen molar-refractivity contribution in [2.45, 2.75) is 6.92 Å². The summed E-state index contributed by atoms with van der Waals surface area (Å²) in [5, 5.41) is 3.10. The Balaban J connectivity index is 2.91. The number of pyridine rings is 1. The summed E-state index contributed by atoms with van der Waals surface area (Å²) in [6, 6.07) is 4.05. The lowest BCUT2D eigenvalue weighted by atomic mass is 10.3. The van der Waals surface area contributed by atoms with Gasteiger partial charge in [-0.25, -0.2) is 4.98 Å². The number of aryl methyl sites for hydroxylation is 1. The zero-order valence-corrected chi connectivity index (χ0v) is 6.98. The minimum atomic E-state index is 0.640. The van der Waals surface area contributed by atoms with Gasteiger partial charge in [0.2, 0.25) is 0 Å². The lowest BCUT2D eigenvalue weighted by Crippen LogP contribution is -1.91. The normalized spacial score (nSPS) is 10.6. The molecule has 3 heteroatoms. The van der Waals surface area contributed by atoms with Crippen LogP contribution in [0, 0.1) is 6.92 Å². The summed E-state index contributed by atoms with van der Waals surface area (Å²) in [5.74, 6) is 0.640. The van der Waals surface area contributed by atoms with Crippen LogP contribution in [0.15, 0.2) is 17.5 Å². The van der Waals surface area contributed by atoms with Crippen molar-refractivity contribution in [2.24, 2.45) is 0 Å². The molecule has 2 heterocycles. The van der Waals surface area contributed by atoms with Crippen LogP contribution in [0.1, 0.15) is 5.69 Å². The summed E-state index contributed by atoms with van der Waals surface area (Å²) < 4.78 is 1.22. The molecule has 0 atom stereocenters. The molecule has 0 fully saturated rings. The molecule has 0 unspecified atom stereocenters. The van der Waals surface area contributed by atoms with E-state index < -0.39 is 0 Å². The number of aromatic nitrogens is 1. The van der Waals surface area contributed by atoms with Crippen LogP contribution in [0.3, 0.4) is 0 Å². The highest BCUT2D eigenvalue weighted by Crippen LogP contribution is 2.24. The molecule has 56 valence electrons. The van der Waals surface area contributed by atoms with Gasteiger partial charge in [0.1, 0.15) is 5.82 Å². The maximum atomic E-state index is 5.70. The SMILES string of the molecule is Cc1cc2sccc2c(N)n1. The lowest BCUT2D eigenvalue weighted by Gasteiger charge is -1.96. The summed E-state index contributed by atoms with van der Waals surface area (Å²) in [6.07, 6.45) is 0. The molecule has 0 saturated heterocycles. The van der Waals surface area contributed by atoms with E-state index in [1.807, 2.05) is 18.4 Å². The second-order valence-corrected chi connectivity index (χ2v) is 3.43. The molecule has 2 rings (SSSR count). The molecule has 0 spiro atoms. The van der Waals surface area contributed by atoms with Crippen molar-refractivity contribution in [3.8, 4) is 0 Å². The van der Waals surface area contributed by atoms with Crippen LogP contribution in [0.4, 0.5) is 5.82 Å². The summed E-state index contributed by atoms with van der Waals surface area (Å²) in [7, 11) is 0. The predicted octanol–water partition coefficient (Wildman–Crippen LogP) is 2.19. The number of hydrogen-bond donors (Lipinski definition) is 1. The number of hydrogen-bond acceptors (Lipinski definition) is 3. The van der Waals surface area contributed by atoms with E-state index in [1.54, 1.807) is 11.3 Å². The van der Waals surface area contributed by atoms with Gasteiger partial charge in [0, 0.05) is 15.8 Å². The van der Waals surface area contributed by atoms with Crippen LogP contribution in [-0.2, 0) is 0 Å². The van der Waals surface area contributed by atoms with Crippen molar-refractivity contribution in [1.82, 2.24) is 4.98 Å². The molecule has 2 aromatic rings. The number of nitrogen functional groups attached to an aromatic ring is 1. The number of rotatable bonds is 0. The Morgan fingerprint density at radius 2 is 2.36 bits per heavy atom. The van der Waals surface area contributed by atoms with Crippen LogP contribution < -0.4 is 5.73 Å². The third-order valence-corrected chi connectivity index (χ3v) is 2.47. The van der Waals surface area contributed by atoms with Gasteiger partial charge in [-0.2, -0.15) is 0 Å². The van der Waals surface area contributed by atoms with Gasteiger partial charge in [-0.15, -0.1) is 11.3 Å². The average molecular weight is 164 g/mol. The van der Waals surface area contributed by atoms with Crippen molar-refractivity contribution in [3.63, 3.8) is 0 Å². The molecular weight excluding hydrogens is 156 g/mol. The van der Waals surface area contributed by atoms with Gasteiger partial charge >= 0.3 is 0 Å². The first kappa shape index (κ1) is 6.61. The second-order valence-electron chi connectivity index (χ2n) is 2.48. The average Bonchev–Trinajstić information content (AvgIpc) is 2.34. The molecule has 0 aliphatic carbocycles. The van der Waals surface area contributed by atoms with Crippen molar-refractivity contribution < 1.29 is 0 Å². The van der Waals surface area contributed by atoms with Crippen molar-refractivity contribution >= 4 is 27.2 Å². The van der Waals surface area contributed by atoms with E-state index in [1.165, 1.54) is 4.70 Å². The zero-order valence-electron chi connectivity index (χ0n) is 6.16. The van der Waals surface area contributed by atoms with E-state index in [9.17, 15) is 0 Å². The molecule has 0 amide bonds. The van der Waals surface area contributed by atoms with Crippen LogP contribution in [0.25, 0.3) is 10.1 Å².